The van der Waals surface area contributed by atoms with Crippen LogP contribution in [0.25, 0.3) is 10.9 Å². The summed E-state index contributed by atoms with van der Waals surface area (Å²) in [5.41, 5.74) is 1.85. The fourth-order valence-corrected chi connectivity index (χ4v) is 5.13. The number of likely N-dealkylation sites (tertiary alicyclic amines) is 1. The van der Waals surface area contributed by atoms with Crippen LogP contribution in [0.5, 0.6) is 5.75 Å². The van der Waals surface area contributed by atoms with E-state index in [2.05, 4.69) is 16.8 Å². The Morgan fingerprint density at radius 2 is 1.90 bits per heavy atom. The Morgan fingerprint density at radius 3 is 2.52 bits per heavy atom. The SMILES string of the molecule is COc1ccc2ncc(CO)c([C@H](F)CCC3(C(=O)NO)CCN(CC#Cc4cc(F)c(F)c(F)c4)CC3)c2c1. The van der Waals surface area contributed by atoms with Gasteiger partial charge in [-0.05, 0) is 56.0 Å². The molecule has 1 aliphatic heterocycles. The summed E-state index contributed by atoms with van der Waals surface area (Å²) >= 11 is 0. The molecule has 1 aromatic heterocycles. The number of alkyl halides is 1. The second kappa shape index (κ2) is 12.6. The van der Waals surface area contributed by atoms with E-state index < -0.39 is 41.6 Å². The number of aliphatic hydroxyl groups excluding tert-OH is 1. The second-order valence-corrected chi connectivity index (χ2v) is 9.80. The lowest BCUT2D eigenvalue weighted by molar-refractivity contribution is -0.143. The number of hydroxylamine groups is 1. The zero-order valence-electron chi connectivity index (χ0n) is 21.8. The van der Waals surface area contributed by atoms with E-state index in [0.29, 0.717) is 48.1 Å². The third-order valence-electron chi connectivity index (χ3n) is 7.47. The number of hydrogen-bond donors (Lipinski definition) is 3. The maximum Gasteiger partial charge on any atom is 0.249 e. The maximum atomic E-state index is 15.8. The molecule has 0 spiro atoms. The summed E-state index contributed by atoms with van der Waals surface area (Å²) in [6, 6.07) is 6.70. The van der Waals surface area contributed by atoms with Crippen molar-refractivity contribution >= 4 is 16.8 Å². The van der Waals surface area contributed by atoms with Crippen molar-refractivity contribution in [3.63, 3.8) is 0 Å². The predicted octanol–water partition coefficient (Wildman–Crippen LogP) is 4.58. The molecule has 1 saturated heterocycles. The number of aliphatic hydroxyl groups is 1. The van der Waals surface area contributed by atoms with E-state index in [1.165, 1.54) is 13.3 Å². The third-order valence-corrected chi connectivity index (χ3v) is 7.47. The summed E-state index contributed by atoms with van der Waals surface area (Å²) < 4.78 is 61.1. The molecule has 2 heterocycles. The summed E-state index contributed by atoms with van der Waals surface area (Å²) in [6.45, 7) is 0.629. The van der Waals surface area contributed by atoms with Crippen LogP contribution in [0.1, 0.15) is 48.5 Å². The molecular weight excluding hydrogens is 530 g/mol. The number of methoxy groups -OCH3 is 1. The monoisotopic (exact) mass is 559 g/mol. The standard InChI is InChI=1S/C29H29F4N3O4/c1-40-20-4-5-25-21(15-20)26(19(17-37)16-34-25)22(30)6-7-29(28(38)35-39)8-11-36(12-9-29)10-2-3-18-13-23(31)27(33)24(32)14-18/h4-5,13-16,22,37,39H,6-12,17H2,1H3,(H,35,38)/t22-/m1/s1. The second-order valence-electron chi connectivity index (χ2n) is 9.80. The number of amides is 1. The molecule has 0 bridgehead atoms. The van der Waals surface area contributed by atoms with Crippen molar-refractivity contribution in [3.8, 4) is 17.6 Å². The summed E-state index contributed by atoms with van der Waals surface area (Å²) in [5.74, 6) is 1.11. The van der Waals surface area contributed by atoms with E-state index in [-0.39, 0.29) is 30.5 Å². The van der Waals surface area contributed by atoms with Gasteiger partial charge in [0.05, 0.1) is 31.2 Å². The normalized spacial score (nSPS) is 15.8. The molecule has 11 heteroatoms. The van der Waals surface area contributed by atoms with Crippen molar-refractivity contribution in [3.05, 3.63) is 70.7 Å². The molecule has 3 N–H and O–H groups in total. The van der Waals surface area contributed by atoms with Crippen LogP contribution < -0.4 is 10.2 Å². The van der Waals surface area contributed by atoms with Gasteiger partial charge in [-0.3, -0.25) is 19.9 Å². The quantitative estimate of drug-likeness (QED) is 0.123. The fourth-order valence-electron chi connectivity index (χ4n) is 5.13. The number of benzene rings is 2. The third kappa shape index (κ3) is 6.20. The minimum atomic E-state index is -1.56. The van der Waals surface area contributed by atoms with Crippen LogP contribution in [0, 0.1) is 34.7 Å². The van der Waals surface area contributed by atoms with Gasteiger partial charge in [-0.1, -0.05) is 11.8 Å². The Labute approximate surface area is 228 Å². The molecule has 1 fully saturated rings. The van der Waals surface area contributed by atoms with E-state index in [1.54, 1.807) is 23.7 Å². The molecule has 0 unspecified atom stereocenters. The smallest absolute Gasteiger partial charge is 0.249 e. The number of rotatable bonds is 8. The largest absolute Gasteiger partial charge is 0.497 e. The number of carbonyl (C=O) groups excluding carboxylic acids is 1. The summed E-state index contributed by atoms with van der Waals surface area (Å²) in [4.78, 5) is 19.0. The molecule has 0 aliphatic carbocycles. The number of aromatic nitrogens is 1. The molecular formula is C29H29F4N3O4. The first kappa shape index (κ1) is 29.3. The Balaban J connectivity index is 1.46. The highest BCUT2D eigenvalue weighted by Crippen LogP contribution is 2.41. The number of nitrogens with zero attached hydrogens (tertiary/aromatic N) is 2. The molecule has 2 aromatic carbocycles. The highest BCUT2D eigenvalue weighted by molar-refractivity contribution is 5.85. The van der Waals surface area contributed by atoms with Crippen molar-refractivity contribution in [1.82, 2.24) is 15.4 Å². The molecule has 1 amide bonds. The molecule has 1 atom stereocenters. The number of piperidine rings is 1. The first-order valence-corrected chi connectivity index (χ1v) is 12.7. The van der Waals surface area contributed by atoms with Gasteiger partial charge in [0.25, 0.3) is 0 Å². The van der Waals surface area contributed by atoms with E-state index >= 15 is 4.39 Å². The average Bonchev–Trinajstić information content (AvgIpc) is 2.97. The highest BCUT2D eigenvalue weighted by Gasteiger charge is 2.41. The van der Waals surface area contributed by atoms with Gasteiger partial charge in [-0.15, -0.1) is 0 Å². The summed E-state index contributed by atoms with van der Waals surface area (Å²) in [6.07, 6.45) is 0.617. The van der Waals surface area contributed by atoms with Crippen LogP contribution >= 0.6 is 0 Å². The summed E-state index contributed by atoms with van der Waals surface area (Å²) in [7, 11) is 1.49. The highest BCUT2D eigenvalue weighted by atomic mass is 19.2. The van der Waals surface area contributed by atoms with Gasteiger partial charge in [0, 0.05) is 41.4 Å². The lowest BCUT2D eigenvalue weighted by Gasteiger charge is -2.40. The lowest BCUT2D eigenvalue weighted by Crippen LogP contribution is -2.48. The number of hydrogen-bond acceptors (Lipinski definition) is 6. The van der Waals surface area contributed by atoms with Gasteiger partial charge in [0.1, 0.15) is 11.9 Å². The van der Waals surface area contributed by atoms with Crippen molar-refractivity contribution in [1.29, 1.82) is 0 Å². The average molecular weight is 560 g/mol. The molecule has 40 heavy (non-hydrogen) atoms. The van der Waals surface area contributed by atoms with Crippen LogP contribution in [0.15, 0.2) is 36.5 Å². The van der Waals surface area contributed by atoms with E-state index in [4.69, 9.17) is 4.74 Å². The van der Waals surface area contributed by atoms with Crippen molar-refractivity contribution in [2.75, 3.05) is 26.7 Å². The maximum absolute atomic E-state index is 15.8. The van der Waals surface area contributed by atoms with E-state index in [9.17, 15) is 28.3 Å². The first-order chi connectivity index (χ1) is 19.2. The van der Waals surface area contributed by atoms with Crippen molar-refractivity contribution < 1.29 is 37.4 Å². The molecule has 4 rings (SSSR count). The van der Waals surface area contributed by atoms with Crippen LogP contribution in [0.4, 0.5) is 17.6 Å². The zero-order chi connectivity index (χ0) is 28.9. The number of ether oxygens (including phenoxy) is 1. The number of pyridine rings is 1. The molecule has 0 radical (unpaired) electrons. The van der Waals surface area contributed by atoms with Gasteiger partial charge in [0.2, 0.25) is 5.91 Å². The number of carbonyl (C=O) groups is 1. The zero-order valence-corrected chi connectivity index (χ0v) is 21.8. The van der Waals surface area contributed by atoms with Crippen LogP contribution in [-0.4, -0.2) is 52.8 Å². The molecule has 1 aliphatic rings. The van der Waals surface area contributed by atoms with Crippen LogP contribution in [-0.2, 0) is 11.4 Å². The van der Waals surface area contributed by atoms with E-state index in [1.807, 2.05) is 4.90 Å². The van der Waals surface area contributed by atoms with Gasteiger partial charge in [-0.2, -0.15) is 0 Å². The molecule has 212 valence electrons. The Bertz CT molecular complexity index is 1420. The fraction of sp³-hybridized carbons (Fsp3) is 0.379. The van der Waals surface area contributed by atoms with Crippen molar-refractivity contribution in [2.45, 2.75) is 38.5 Å². The molecule has 3 aromatic rings. The first-order valence-electron chi connectivity index (χ1n) is 12.7. The van der Waals surface area contributed by atoms with Crippen molar-refractivity contribution in [2.24, 2.45) is 5.41 Å². The minimum absolute atomic E-state index is 0.0000865. The molecule has 0 saturated carbocycles. The van der Waals surface area contributed by atoms with Crippen LogP contribution in [0.3, 0.4) is 0 Å². The van der Waals surface area contributed by atoms with E-state index in [0.717, 1.165) is 12.1 Å². The number of halogens is 4. The van der Waals surface area contributed by atoms with Gasteiger partial charge in [0.15, 0.2) is 17.5 Å². The van der Waals surface area contributed by atoms with Gasteiger partial charge >= 0.3 is 0 Å². The minimum Gasteiger partial charge on any atom is -0.497 e. The number of nitrogens with one attached hydrogen (secondary N) is 1. The Hall–Kier alpha value is -3.72. The predicted molar refractivity (Wildman–Crippen MR) is 139 cm³/mol. The Morgan fingerprint density at radius 1 is 1.20 bits per heavy atom. The Kier molecular flexibility index (Phi) is 9.25. The number of fused-ring (bicyclic) bond motifs is 1. The lowest BCUT2D eigenvalue weighted by atomic mass is 9.73. The van der Waals surface area contributed by atoms with Gasteiger partial charge < -0.3 is 9.84 Å². The van der Waals surface area contributed by atoms with Gasteiger partial charge in [-0.25, -0.2) is 23.0 Å². The molecule has 7 nitrogen and oxygen atoms in total. The summed E-state index contributed by atoms with van der Waals surface area (Å²) in [5, 5.41) is 19.8. The van der Waals surface area contributed by atoms with Crippen LogP contribution in [0.2, 0.25) is 0 Å². The topological polar surface area (TPSA) is 94.9 Å².